The SMILES string of the molecule is CCn1nc(CC(C)COC(=O)c2ccc(OC)cc2)c2c1C(=O)NCC1(CCOCC1)C2. The van der Waals surface area contributed by atoms with Crippen LogP contribution in [-0.2, 0) is 28.9 Å². The van der Waals surface area contributed by atoms with E-state index < -0.39 is 0 Å². The Labute approximate surface area is 194 Å². The molecular formula is C25H33N3O5. The van der Waals surface area contributed by atoms with Gasteiger partial charge in [-0.05, 0) is 68.2 Å². The van der Waals surface area contributed by atoms with E-state index in [0.717, 1.165) is 43.7 Å². The first kappa shape index (κ1) is 23.3. The van der Waals surface area contributed by atoms with Crippen molar-refractivity contribution in [3.63, 3.8) is 0 Å². The largest absolute Gasteiger partial charge is 0.497 e. The molecule has 1 amide bonds. The third-order valence-corrected chi connectivity index (χ3v) is 6.74. The number of benzene rings is 1. The number of esters is 1. The van der Waals surface area contributed by atoms with Crippen LogP contribution >= 0.6 is 0 Å². The number of nitrogens with zero attached hydrogens (tertiary/aromatic N) is 2. The molecule has 2 aliphatic rings. The number of methoxy groups -OCH3 is 1. The highest BCUT2D eigenvalue weighted by Gasteiger charge is 2.39. The van der Waals surface area contributed by atoms with Crippen molar-refractivity contribution in [1.82, 2.24) is 15.1 Å². The molecule has 2 aromatic rings. The Hall–Kier alpha value is -2.87. The average molecular weight is 456 g/mol. The number of carbonyl (C=O) groups excluding carboxylic acids is 2. The molecule has 1 N–H and O–H groups in total. The van der Waals surface area contributed by atoms with Gasteiger partial charge in [0.1, 0.15) is 11.4 Å². The number of amides is 1. The number of hydrogen-bond donors (Lipinski definition) is 1. The van der Waals surface area contributed by atoms with Crippen LogP contribution in [0.15, 0.2) is 24.3 Å². The summed E-state index contributed by atoms with van der Waals surface area (Å²) in [6.45, 7) is 7.07. The van der Waals surface area contributed by atoms with Gasteiger partial charge in [0.05, 0.1) is 25.0 Å². The third-order valence-electron chi connectivity index (χ3n) is 6.74. The summed E-state index contributed by atoms with van der Waals surface area (Å²) in [4.78, 5) is 25.4. The van der Waals surface area contributed by atoms with E-state index in [1.807, 2.05) is 18.5 Å². The monoisotopic (exact) mass is 455 g/mol. The fraction of sp³-hybridized carbons (Fsp3) is 0.560. The summed E-state index contributed by atoms with van der Waals surface area (Å²) in [5, 5.41) is 7.93. The first-order valence-electron chi connectivity index (χ1n) is 11.7. The predicted octanol–water partition coefficient (Wildman–Crippen LogP) is 3.03. The summed E-state index contributed by atoms with van der Waals surface area (Å²) in [5.41, 5.74) is 3.16. The molecule has 0 bridgehead atoms. The zero-order chi connectivity index (χ0) is 23.4. The lowest BCUT2D eigenvalue weighted by molar-refractivity contribution is 0.0160. The van der Waals surface area contributed by atoms with Gasteiger partial charge in [-0.3, -0.25) is 9.48 Å². The first-order valence-corrected chi connectivity index (χ1v) is 11.7. The summed E-state index contributed by atoms with van der Waals surface area (Å²) < 4.78 is 18.1. The molecule has 1 unspecified atom stereocenters. The average Bonchev–Trinajstić information content (AvgIpc) is 3.11. The third kappa shape index (κ3) is 5.05. The molecular weight excluding hydrogens is 422 g/mol. The summed E-state index contributed by atoms with van der Waals surface area (Å²) in [7, 11) is 1.59. The molecule has 0 radical (unpaired) electrons. The molecule has 1 fully saturated rings. The second-order valence-electron chi connectivity index (χ2n) is 9.20. The van der Waals surface area contributed by atoms with Crippen molar-refractivity contribution in [2.75, 3.05) is 33.5 Å². The molecule has 1 atom stereocenters. The topological polar surface area (TPSA) is 91.7 Å². The van der Waals surface area contributed by atoms with Crippen molar-refractivity contribution in [3.05, 3.63) is 46.8 Å². The number of fused-ring (bicyclic) bond motifs is 1. The van der Waals surface area contributed by atoms with E-state index >= 15 is 0 Å². The van der Waals surface area contributed by atoms with Crippen LogP contribution in [0.2, 0.25) is 0 Å². The number of hydrogen-bond acceptors (Lipinski definition) is 6. The quantitative estimate of drug-likeness (QED) is 0.646. The van der Waals surface area contributed by atoms with E-state index in [-0.39, 0.29) is 29.8 Å². The van der Waals surface area contributed by atoms with Gasteiger partial charge in [0, 0.05) is 31.9 Å². The number of aryl methyl sites for hydroxylation is 1. The maximum absolute atomic E-state index is 12.9. The second-order valence-corrected chi connectivity index (χ2v) is 9.20. The lowest BCUT2D eigenvalue weighted by Gasteiger charge is -2.36. The minimum Gasteiger partial charge on any atom is -0.497 e. The molecule has 3 heterocycles. The van der Waals surface area contributed by atoms with Crippen LogP contribution < -0.4 is 10.1 Å². The highest BCUT2D eigenvalue weighted by molar-refractivity contribution is 5.94. The van der Waals surface area contributed by atoms with Gasteiger partial charge < -0.3 is 19.5 Å². The predicted molar refractivity (Wildman–Crippen MR) is 123 cm³/mol. The minimum atomic E-state index is -0.358. The Morgan fingerprint density at radius 2 is 2.00 bits per heavy atom. The Bertz CT molecular complexity index is 992. The number of aromatic nitrogens is 2. The summed E-state index contributed by atoms with van der Waals surface area (Å²) in [5.74, 6) is 0.349. The zero-order valence-electron chi connectivity index (χ0n) is 19.7. The zero-order valence-corrected chi connectivity index (χ0v) is 19.7. The van der Waals surface area contributed by atoms with Gasteiger partial charge >= 0.3 is 5.97 Å². The molecule has 8 heteroatoms. The maximum Gasteiger partial charge on any atom is 0.338 e. The fourth-order valence-electron chi connectivity index (χ4n) is 4.75. The number of carbonyl (C=O) groups is 2. The van der Waals surface area contributed by atoms with Crippen molar-refractivity contribution in [3.8, 4) is 5.75 Å². The highest BCUT2D eigenvalue weighted by atomic mass is 16.5. The van der Waals surface area contributed by atoms with Crippen LogP contribution in [0.1, 0.15) is 58.8 Å². The van der Waals surface area contributed by atoms with Gasteiger partial charge in [-0.2, -0.15) is 5.10 Å². The Balaban J connectivity index is 1.47. The van der Waals surface area contributed by atoms with Gasteiger partial charge in [0.15, 0.2) is 0 Å². The smallest absolute Gasteiger partial charge is 0.338 e. The van der Waals surface area contributed by atoms with Crippen LogP contribution in [0.4, 0.5) is 0 Å². The van der Waals surface area contributed by atoms with E-state index in [1.54, 1.807) is 31.4 Å². The van der Waals surface area contributed by atoms with E-state index in [9.17, 15) is 9.59 Å². The summed E-state index contributed by atoms with van der Waals surface area (Å²) >= 11 is 0. The lowest BCUT2D eigenvalue weighted by atomic mass is 9.75. The molecule has 178 valence electrons. The molecule has 1 aromatic heterocycles. The summed E-state index contributed by atoms with van der Waals surface area (Å²) in [6.07, 6.45) is 3.32. The molecule has 8 nitrogen and oxygen atoms in total. The van der Waals surface area contributed by atoms with Crippen LogP contribution in [0, 0.1) is 11.3 Å². The van der Waals surface area contributed by atoms with E-state index in [1.165, 1.54) is 0 Å². The fourth-order valence-corrected chi connectivity index (χ4v) is 4.75. The van der Waals surface area contributed by atoms with Crippen LogP contribution in [0.5, 0.6) is 5.75 Å². The van der Waals surface area contributed by atoms with Gasteiger partial charge in [0.25, 0.3) is 5.91 Å². The van der Waals surface area contributed by atoms with Gasteiger partial charge in [-0.25, -0.2) is 4.79 Å². The Morgan fingerprint density at radius 3 is 2.67 bits per heavy atom. The van der Waals surface area contributed by atoms with Crippen molar-refractivity contribution in [1.29, 1.82) is 0 Å². The van der Waals surface area contributed by atoms with Crippen LogP contribution in [0.3, 0.4) is 0 Å². The van der Waals surface area contributed by atoms with Crippen molar-refractivity contribution >= 4 is 11.9 Å². The Kier molecular flexibility index (Phi) is 7.02. The lowest BCUT2D eigenvalue weighted by Crippen LogP contribution is -2.40. The van der Waals surface area contributed by atoms with Gasteiger partial charge in [-0.15, -0.1) is 0 Å². The second kappa shape index (κ2) is 9.95. The Morgan fingerprint density at radius 1 is 1.27 bits per heavy atom. The highest BCUT2D eigenvalue weighted by Crippen LogP contribution is 2.38. The molecule has 33 heavy (non-hydrogen) atoms. The molecule has 2 aliphatic heterocycles. The first-order chi connectivity index (χ1) is 15.9. The summed E-state index contributed by atoms with van der Waals surface area (Å²) in [6, 6.07) is 6.87. The van der Waals surface area contributed by atoms with E-state index in [0.29, 0.717) is 36.5 Å². The van der Waals surface area contributed by atoms with Gasteiger partial charge in [-0.1, -0.05) is 6.92 Å². The molecule has 1 aromatic carbocycles. The van der Waals surface area contributed by atoms with E-state index in [4.69, 9.17) is 19.3 Å². The number of rotatable bonds is 7. The van der Waals surface area contributed by atoms with Crippen molar-refractivity contribution < 1.29 is 23.8 Å². The number of ether oxygens (including phenoxy) is 3. The van der Waals surface area contributed by atoms with Gasteiger partial charge in [0.2, 0.25) is 0 Å². The van der Waals surface area contributed by atoms with E-state index in [2.05, 4.69) is 5.32 Å². The van der Waals surface area contributed by atoms with Crippen LogP contribution in [-0.4, -0.2) is 55.1 Å². The standard InChI is InChI=1S/C25H33N3O5/c1-4-28-22-20(14-25(16-26-23(22)29)9-11-32-12-10-25)21(27-28)13-17(2)15-33-24(30)18-5-7-19(31-3)8-6-18/h5-8,17H,4,9-16H2,1-3H3,(H,26,29). The van der Waals surface area contributed by atoms with Crippen LogP contribution in [0.25, 0.3) is 0 Å². The number of nitrogens with one attached hydrogen (secondary N) is 1. The maximum atomic E-state index is 12.9. The molecule has 0 saturated carbocycles. The van der Waals surface area contributed by atoms with Crippen molar-refractivity contribution in [2.24, 2.45) is 11.3 Å². The molecule has 1 spiro atoms. The molecule has 1 saturated heterocycles. The molecule has 0 aliphatic carbocycles. The molecule has 4 rings (SSSR count). The van der Waals surface area contributed by atoms with Crippen molar-refractivity contribution in [2.45, 2.75) is 46.1 Å². The minimum absolute atomic E-state index is 0.0135. The normalized spacial score (nSPS) is 18.2.